The number of benzene rings is 2. The molecule has 1 amide bonds. The third-order valence-corrected chi connectivity index (χ3v) is 6.23. The van der Waals surface area contributed by atoms with E-state index in [4.69, 9.17) is 4.74 Å². The molecule has 2 aromatic carbocycles. The molecule has 9 heteroatoms. The molecule has 0 spiro atoms. The number of aliphatic hydroxyl groups is 4. The summed E-state index contributed by atoms with van der Waals surface area (Å²) < 4.78 is 5.59. The molecule has 0 bridgehead atoms. The van der Waals surface area contributed by atoms with Crippen LogP contribution in [0.25, 0.3) is 11.3 Å². The summed E-state index contributed by atoms with van der Waals surface area (Å²) in [5, 5.41) is 44.9. The van der Waals surface area contributed by atoms with E-state index in [1.165, 1.54) is 11.3 Å². The molecule has 1 aliphatic rings. The van der Waals surface area contributed by atoms with Crippen LogP contribution in [-0.2, 0) is 11.2 Å². The summed E-state index contributed by atoms with van der Waals surface area (Å²) in [6.07, 6.45) is -6.03. The summed E-state index contributed by atoms with van der Waals surface area (Å²) in [5.74, 6) is -0.362. The number of anilines is 1. The Morgan fingerprint density at radius 2 is 1.66 bits per heavy atom. The first kappa shape index (κ1) is 22.5. The molecule has 0 saturated carbocycles. The van der Waals surface area contributed by atoms with Crippen molar-refractivity contribution in [1.82, 2.24) is 4.98 Å². The van der Waals surface area contributed by atoms with Crippen LogP contribution in [0.15, 0.2) is 60.0 Å². The lowest BCUT2D eigenvalue weighted by atomic mass is 9.90. The van der Waals surface area contributed by atoms with Crippen LogP contribution in [0.3, 0.4) is 0 Å². The number of thiazole rings is 1. The summed E-state index contributed by atoms with van der Waals surface area (Å²) in [6.45, 7) is -0.503. The summed E-state index contributed by atoms with van der Waals surface area (Å²) in [5.41, 5.74) is 2.68. The van der Waals surface area contributed by atoms with E-state index in [0.29, 0.717) is 16.3 Å². The molecule has 0 radical (unpaired) electrons. The fourth-order valence-electron chi connectivity index (χ4n) is 3.72. The molecule has 1 saturated heterocycles. The minimum atomic E-state index is -1.46. The molecule has 0 unspecified atom stereocenters. The summed E-state index contributed by atoms with van der Waals surface area (Å²) in [6, 6.07) is 16.5. The molecule has 5 atom stereocenters. The van der Waals surface area contributed by atoms with E-state index in [-0.39, 0.29) is 12.3 Å². The lowest BCUT2D eigenvalue weighted by Gasteiger charge is -2.40. The highest BCUT2D eigenvalue weighted by Gasteiger charge is 2.43. The zero-order chi connectivity index (χ0) is 22.7. The summed E-state index contributed by atoms with van der Waals surface area (Å²) in [7, 11) is 0. The Morgan fingerprint density at radius 3 is 2.41 bits per heavy atom. The Balaban J connectivity index is 1.50. The van der Waals surface area contributed by atoms with Crippen LogP contribution < -0.4 is 5.32 Å². The van der Waals surface area contributed by atoms with Gasteiger partial charge in [-0.15, -0.1) is 11.3 Å². The number of amides is 1. The smallest absolute Gasteiger partial charge is 0.257 e. The highest BCUT2D eigenvalue weighted by Crippen LogP contribution is 2.27. The molecule has 4 rings (SSSR count). The maximum atomic E-state index is 13.0. The number of aromatic nitrogens is 1. The minimum Gasteiger partial charge on any atom is -0.394 e. The van der Waals surface area contributed by atoms with E-state index in [0.717, 1.165) is 11.3 Å². The van der Waals surface area contributed by atoms with E-state index in [9.17, 15) is 25.2 Å². The van der Waals surface area contributed by atoms with Gasteiger partial charge in [-0.2, -0.15) is 0 Å². The van der Waals surface area contributed by atoms with Crippen LogP contribution in [0, 0.1) is 0 Å². The second-order valence-corrected chi connectivity index (χ2v) is 8.44. The van der Waals surface area contributed by atoms with E-state index in [1.54, 1.807) is 24.3 Å². The SMILES string of the molecule is O=C(Nc1nc(-c2ccccc2)cs1)c1ccccc1C[C@@H]1O[C@H](CO)[C@@H](O)[C@H](O)[C@H]1O. The molecule has 1 aromatic heterocycles. The minimum absolute atomic E-state index is 0.109. The first-order chi connectivity index (χ1) is 15.5. The van der Waals surface area contributed by atoms with E-state index < -0.39 is 37.1 Å². The third kappa shape index (κ3) is 4.73. The highest BCUT2D eigenvalue weighted by atomic mass is 32.1. The number of carbonyl (C=O) groups is 1. The van der Waals surface area contributed by atoms with Crippen molar-refractivity contribution in [1.29, 1.82) is 0 Å². The first-order valence-electron chi connectivity index (χ1n) is 10.2. The molecule has 1 aliphatic heterocycles. The van der Waals surface area contributed by atoms with Crippen LogP contribution in [0.1, 0.15) is 15.9 Å². The molecular weight excluding hydrogens is 432 g/mol. The number of rotatable bonds is 6. The Labute approximate surface area is 188 Å². The van der Waals surface area contributed by atoms with Crippen LogP contribution in [0.5, 0.6) is 0 Å². The van der Waals surface area contributed by atoms with Gasteiger partial charge in [0.25, 0.3) is 5.91 Å². The molecule has 3 aromatic rings. The number of hydrogen-bond acceptors (Lipinski definition) is 8. The largest absolute Gasteiger partial charge is 0.394 e. The Hall–Kier alpha value is -2.66. The number of ether oxygens (including phenoxy) is 1. The predicted molar refractivity (Wildman–Crippen MR) is 119 cm³/mol. The van der Waals surface area contributed by atoms with Crippen LogP contribution >= 0.6 is 11.3 Å². The molecule has 168 valence electrons. The van der Waals surface area contributed by atoms with Gasteiger partial charge in [0.1, 0.15) is 24.4 Å². The Morgan fingerprint density at radius 1 is 0.969 bits per heavy atom. The van der Waals surface area contributed by atoms with Gasteiger partial charge in [-0.05, 0) is 11.6 Å². The number of hydrogen-bond donors (Lipinski definition) is 5. The standard InChI is InChI=1S/C23H24N2O6S/c26-11-18-20(28)21(29)19(27)17(31-18)10-14-8-4-5-9-15(14)22(30)25-23-24-16(12-32-23)13-6-2-1-3-7-13/h1-9,12,17-21,26-29H,10-11H2,(H,24,25,30)/t17-,18+,19-,20+,21+/m0/s1. The van der Waals surface area contributed by atoms with Gasteiger partial charge in [-0.1, -0.05) is 48.5 Å². The van der Waals surface area contributed by atoms with Gasteiger partial charge >= 0.3 is 0 Å². The molecular formula is C23H24N2O6S. The van der Waals surface area contributed by atoms with Gasteiger partial charge in [-0.3, -0.25) is 10.1 Å². The lowest BCUT2D eigenvalue weighted by molar-refractivity contribution is -0.228. The Bertz CT molecular complexity index is 1060. The predicted octanol–water partition coefficient (Wildman–Crippen LogP) is 1.45. The second-order valence-electron chi connectivity index (χ2n) is 7.59. The third-order valence-electron chi connectivity index (χ3n) is 5.47. The monoisotopic (exact) mass is 456 g/mol. The number of carbonyl (C=O) groups excluding carboxylic acids is 1. The summed E-state index contributed by atoms with van der Waals surface area (Å²) >= 11 is 1.32. The van der Waals surface area contributed by atoms with Gasteiger partial charge in [0, 0.05) is 22.9 Å². The van der Waals surface area contributed by atoms with E-state index >= 15 is 0 Å². The Kier molecular flexibility index (Phi) is 6.95. The maximum absolute atomic E-state index is 13.0. The molecule has 0 aliphatic carbocycles. The summed E-state index contributed by atoms with van der Waals surface area (Å²) in [4.78, 5) is 17.4. The average Bonchev–Trinajstić information content (AvgIpc) is 3.28. The van der Waals surface area contributed by atoms with Crippen molar-refractivity contribution in [2.75, 3.05) is 11.9 Å². The van der Waals surface area contributed by atoms with Crippen molar-refractivity contribution in [2.45, 2.75) is 36.9 Å². The van der Waals surface area contributed by atoms with Crippen molar-refractivity contribution >= 4 is 22.4 Å². The fraction of sp³-hybridized carbons (Fsp3) is 0.304. The first-order valence-corrected chi connectivity index (χ1v) is 11.1. The van der Waals surface area contributed by atoms with Gasteiger partial charge < -0.3 is 25.2 Å². The number of nitrogens with one attached hydrogen (secondary N) is 1. The zero-order valence-electron chi connectivity index (χ0n) is 17.0. The van der Waals surface area contributed by atoms with Gasteiger partial charge in [0.15, 0.2) is 5.13 Å². The molecule has 1 fully saturated rings. The normalized spacial score (nSPS) is 25.4. The second kappa shape index (κ2) is 9.86. The molecule has 2 heterocycles. The fourth-order valence-corrected chi connectivity index (χ4v) is 4.44. The number of aliphatic hydroxyl groups excluding tert-OH is 4. The van der Waals surface area contributed by atoms with Crippen molar-refractivity contribution in [3.63, 3.8) is 0 Å². The topological polar surface area (TPSA) is 132 Å². The van der Waals surface area contributed by atoms with Gasteiger partial charge in [0.2, 0.25) is 0 Å². The van der Waals surface area contributed by atoms with Crippen LogP contribution in [0.2, 0.25) is 0 Å². The average molecular weight is 457 g/mol. The lowest BCUT2D eigenvalue weighted by Crippen LogP contribution is -2.59. The molecule has 5 N–H and O–H groups in total. The zero-order valence-corrected chi connectivity index (χ0v) is 17.9. The molecule has 8 nitrogen and oxygen atoms in total. The van der Waals surface area contributed by atoms with Crippen molar-refractivity contribution in [2.24, 2.45) is 0 Å². The van der Waals surface area contributed by atoms with Gasteiger partial charge in [0.05, 0.1) is 18.4 Å². The van der Waals surface area contributed by atoms with E-state index in [1.807, 2.05) is 35.7 Å². The van der Waals surface area contributed by atoms with Crippen LogP contribution in [0.4, 0.5) is 5.13 Å². The van der Waals surface area contributed by atoms with E-state index in [2.05, 4.69) is 10.3 Å². The van der Waals surface area contributed by atoms with Gasteiger partial charge in [-0.25, -0.2) is 4.98 Å². The maximum Gasteiger partial charge on any atom is 0.257 e. The highest BCUT2D eigenvalue weighted by molar-refractivity contribution is 7.14. The number of nitrogens with zero attached hydrogens (tertiary/aromatic N) is 1. The quantitative estimate of drug-likeness (QED) is 0.379. The van der Waals surface area contributed by atoms with Crippen molar-refractivity contribution in [3.8, 4) is 11.3 Å². The molecule has 32 heavy (non-hydrogen) atoms. The van der Waals surface area contributed by atoms with Crippen molar-refractivity contribution in [3.05, 3.63) is 71.1 Å². The van der Waals surface area contributed by atoms with Crippen LogP contribution in [-0.4, -0.2) is 68.4 Å². The van der Waals surface area contributed by atoms with Crippen molar-refractivity contribution < 1.29 is 30.0 Å².